The second-order valence-corrected chi connectivity index (χ2v) is 6.86. The van der Waals surface area contributed by atoms with Crippen LogP contribution in [0.25, 0.3) is 0 Å². The van der Waals surface area contributed by atoms with Gasteiger partial charge in [-0.25, -0.2) is 0 Å². The highest BCUT2D eigenvalue weighted by molar-refractivity contribution is 6.53. The molecule has 3 rings (SSSR count). The van der Waals surface area contributed by atoms with Crippen LogP contribution in [0.5, 0.6) is 0 Å². The third-order valence-electron chi connectivity index (χ3n) is 3.63. The van der Waals surface area contributed by atoms with Crippen LogP contribution in [-0.4, -0.2) is 10.2 Å². The van der Waals surface area contributed by atoms with E-state index in [0.29, 0.717) is 10.7 Å². The molecule has 108 valence electrons. The molecule has 1 fully saturated rings. The lowest BCUT2D eigenvalue weighted by Crippen LogP contribution is -2.17. The van der Waals surface area contributed by atoms with Crippen molar-refractivity contribution < 1.29 is 4.79 Å². The van der Waals surface area contributed by atoms with Gasteiger partial charge in [0, 0.05) is 5.92 Å². The second kappa shape index (κ2) is 5.53. The van der Waals surface area contributed by atoms with E-state index < -0.39 is 10.3 Å². The summed E-state index contributed by atoms with van der Waals surface area (Å²) in [5.74, 6) is -0.911. The lowest BCUT2D eigenvalue weighted by atomic mass is 10.1. The number of anilines is 1. The van der Waals surface area contributed by atoms with Gasteiger partial charge in [0.2, 0.25) is 5.91 Å². The zero-order valence-electron chi connectivity index (χ0n) is 10.9. The van der Waals surface area contributed by atoms with Crippen molar-refractivity contribution in [1.82, 2.24) is 0 Å². The summed E-state index contributed by atoms with van der Waals surface area (Å²) in [7, 11) is 0. The highest BCUT2D eigenvalue weighted by Gasteiger charge is 2.67. The summed E-state index contributed by atoms with van der Waals surface area (Å²) in [4.78, 5) is 12.4. The van der Waals surface area contributed by atoms with Crippen LogP contribution < -0.4 is 5.32 Å². The number of halogens is 3. The number of hydrogen-bond donors (Lipinski definition) is 1. The van der Waals surface area contributed by atoms with Gasteiger partial charge in [-0.05, 0) is 17.7 Å². The van der Waals surface area contributed by atoms with Gasteiger partial charge in [-0.15, -0.1) is 23.2 Å². The standard InChI is InChI=1S/C16H12Cl3NO/c17-11-8-4-5-9-12(11)20-15(21)14-13(16(14,18)19)10-6-2-1-3-7-10/h1-9,13-14H,(H,20,21)/t13-,14+/m1/s1. The molecule has 2 aromatic carbocycles. The van der Waals surface area contributed by atoms with Crippen molar-refractivity contribution in [1.29, 1.82) is 0 Å². The minimum absolute atomic E-state index is 0.204. The Morgan fingerprint density at radius 2 is 1.62 bits per heavy atom. The molecular formula is C16H12Cl3NO. The molecule has 2 atom stereocenters. The van der Waals surface area contributed by atoms with E-state index >= 15 is 0 Å². The van der Waals surface area contributed by atoms with Crippen molar-refractivity contribution in [2.24, 2.45) is 5.92 Å². The van der Waals surface area contributed by atoms with E-state index in [0.717, 1.165) is 5.56 Å². The van der Waals surface area contributed by atoms with Gasteiger partial charge >= 0.3 is 0 Å². The first kappa shape index (κ1) is 14.7. The second-order valence-electron chi connectivity index (χ2n) is 5.01. The van der Waals surface area contributed by atoms with Gasteiger partial charge in [0.05, 0.1) is 16.6 Å². The predicted octanol–water partition coefficient (Wildman–Crippen LogP) is 4.87. The Bertz CT molecular complexity index is 672. The summed E-state index contributed by atoms with van der Waals surface area (Å²) in [5, 5.41) is 3.27. The van der Waals surface area contributed by atoms with Gasteiger partial charge in [-0.3, -0.25) is 4.79 Å². The van der Waals surface area contributed by atoms with Crippen LogP contribution in [0.4, 0.5) is 5.69 Å². The molecule has 0 unspecified atom stereocenters. The van der Waals surface area contributed by atoms with Crippen LogP contribution in [0.15, 0.2) is 54.6 Å². The fourth-order valence-corrected chi connectivity index (χ4v) is 3.51. The van der Waals surface area contributed by atoms with Crippen LogP contribution in [0.2, 0.25) is 5.02 Å². The number of nitrogens with one attached hydrogen (secondary N) is 1. The van der Waals surface area contributed by atoms with Gasteiger partial charge < -0.3 is 5.32 Å². The molecule has 1 N–H and O–H groups in total. The topological polar surface area (TPSA) is 29.1 Å². The Morgan fingerprint density at radius 3 is 2.29 bits per heavy atom. The van der Waals surface area contributed by atoms with E-state index in [1.54, 1.807) is 24.3 Å². The van der Waals surface area contributed by atoms with Crippen LogP contribution in [0.1, 0.15) is 11.5 Å². The van der Waals surface area contributed by atoms with Gasteiger partial charge in [0.15, 0.2) is 0 Å². The summed E-state index contributed by atoms with van der Waals surface area (Å²) < 4.78 is -1.08. The third-order valence-corrected chi connectivity index (χ3v) is 4.90. The van der Waals surface area contributed by atoms with Crippen molar-refractivity contribution >= 4 is 46.4 Å². The van der Waals surface area contributed by atoms with E-state index in [1.165, 1.54) is 0 Å². The number of carbonyl (C=O) groups excluding carboxylic acids is 1. The summed E-state index contributed by atoms with van der Waals surface area (Å²) in [6, 6.07) is 16.6. The smallest absolute Gasteiger partial charge is 0.231 e. The van der Waals surface area contributed by atoms with E-state index in [4.69, 9.17) is 34.8 Å². The fraction of sp³-hybridized carbons (Fsp3) is 0.188. The first-order valence-corrected chi connectivity index (χ1v) is 7.63. The number of para-hydroxylation sites is 1. The SMILES string of the molecule is O=C(Nc1ccccc1Cl)[C@@H]1[C@@H](c2ccccc2)C1(Cl)Cl. The fourth-order valence-electron chi connectivity index (χ4n) is 2.50. The van der Waals surface area contributed by atoms with Crippen molar-refractivity contribution in [2.75, 3.05) is 5.32 Å². The Labute approximate surface area is 138 Å². The molecule has 2 aromatic rings. The Balaban J connectivity index is 1.79. The number of alkyl halides is 2. The number of carbonyl (C=O) groups is 1. The Hall–Kier alpha value is -1.22. The quantitative estimate of drug-likeness (QED) is 0.794. The molecule has 0 aliphatic heterocycles. The number of amides is 1. The lowest BCUT2D eigenvalue weighted by molar-refractivity contribution is -0.117. The summed E-state index contributed by atoms with van der Waals surface area (Å²) in [6.07, 6.45) is 0. The highest BCUT2D eigenvalue weighted by Crippen LogP contribution is 2.65. The zero-order valence-corrected chi connectivity index (χ0v) is 13.2. The molecule has 0 saturated heterocycles. The summed E-state index contributed by atoms with van der Waals surface area (Å²) in [5.41, 5.74) is 1.52. The number of benzene rings is 2. The van der Waals surface area contributed by atoms with Crippen LogP contribution in [0, 0.1) is 5.92 Å². The molecule has 1 aliphatic carbocycles. The van der Waals surface area contributed by atoms with E-state index in [1.807, 2.05) is 30.3 Å². The normalized spacial score (nSPS) is 22.6. The van der Waals surface area contributed by atoms with Crippen molar-refractivity contribution in [3.05, 3.63) is 65.2 Å². The molecule has 0 heterocycles. The van der Waals surface area contributed by atoms with Crippen LogP contribution in [0.3, 0.4) is 0 Å². The average molecular weight is 341 g/mol. The van der Waals surface area contributed by atoms with Crippen molar-refractivity contribution in [3.63, 3.8) is 0 Å². The molecule has 0 bridgehead atoms. The van der Waals surface area contributed by atoms with E-state index in [-0.39, 0.29) is 11.8 Å². The molecule has 0 radical (unpaired) electrons. The molecule has 1 saturated carbocycles. The van der Waals surface area contributed by atoms with E-state index in [2.05, 4.69) is 5.32 Å². The third kappa shape index (κ3) is 2.76. The maximum absolute atomic E-state index is 12.4. The number of rotatable bonds is 3. The monoisotopic (exact) mass is 339 g/mol. The van der Waals surface area contributed by atoms with Crippen LogP contribution in [-0.2, 0) is 4.79 Å². The summed E-state index contributed by atoms with van der Waals surface area (Å²) in [6.45, 7) is 0. The maximum Gasteiger partial charge on any atom is 0.231 e. The van der Waals surface area contributed by atoms with E-state index in [9.17, 15) is 4.79 Å². The molecule has 2 nitrogen and oxygen atoms in total. The molecule has 1 amide bonds. The summed E-state index contributed by atoms with van der Waals surface area (Å²) >= 11 is 18.6. The first-order valence-electron chi connectivity index (χ1n) is 6.50. The molecular weight excluding hydrogens is 329 g/mol. The highest BCUT2D eigenvalue weighted by atomic mass is 35.5. The molecule has 5 heteroatoms. The largest absolute Gasteiger partial charge is 0.324 e. The Kier molecular flexibility index (Phi) is 3.87. The van der Waals surface area contributed by atoms with Crippen molar-refractivity contribution in [2.45, 2.75) is 10.3 Å². The predicted molar refractivity (Wildman–Crippen MR) is 87.2 cm³/mol. The lowest BCUT2D eigenvalue weighted by Gasteiger charge is -2.06. The molecule has 0 spiro atoms. The van der Waals surface area contributed by atoms with Gasteiger partial charge in [0.1, 0.15) is 4.33 Å². The number of hydrogen-bond acceptors (Lipinski definition) is 1. The van der Waals surface area contributed by atoms with Crippen molar-refractivity contribution in [3.8, 4) is 0 Å². The molecule has 1 aliphatic rings. The molecule has 21 heavy (non-hydrogen) atoms. The Morgan fingerprint density at radius 1 is 1.00 bits per heavy atom. The zero-order chi connectivity index (χ0) is 15.0. The minimum Gasteiger partial charge on any atom is -0.324 e. The van der Waals surface area contributed by atoms with Gasteiger partial charge in [-0.1, -0.05) is 54.1 Å². The first-order chi connectivity index (χ1) is 10.0. The average Bonchev–Trinajstić information content (AvgIpc) is 3.05. The van der Waals surface area contributed by atoms with Gasteiger partial charge in [0.25, 0.3) is 0 Å². The van der Waals surface area contributed by atoms with Gasteiger partial charge in [-0.2, -0.15) is 0 Å². The minimum atomic E-state index is -1.08. The molecule has 0 aromatic heterocycles. The maximum atomic E-state index is 12.4. The van der Waals surface area contributed by atoms with Crippen LogP contribution >= 0.6 is 34.8 Å².